The number of ether oxygens (including phenoxy) is 1. The fraction of sp³-hybridized carbons (Fsp3) is 0.917. The van der Waals surface area contributed by atoms with Gasteiger partial charge in [0.25, 0.3) is 0 Å². The Morgan fingerprint density at radius 2 is 2.00 bits per heavy atom. The van der Waals surface area contributed by atoms with Gasteiger partial charge in [0.15, 0.2) is 0 Å². The maximum Gasteiger partial charge on any atom is 0.236 e. The lowest BCUT2D eigenvalue weighted by atomic mass is 9.93. The van der Waals surface area contributed by atoms with Crippen LogP contribution in [0.4, 0.5) is 0 Å². The molecule has 5 heteroatoms. The molecule has 0 aromatic heterocycles. The molecule has 0 aromatic carbocycles. The number of likely N-dealkylation sites (N-methyl/N-ethyl adjacent to an activating group) is 1. The van der Waals surface area contributed by atoms with E-state index < -0.39 is 0 Å². The van der Waals surface area contributed by atoms with Crippen LogP contribution < -0.4 is 5.73 Å². The molecule has 1 saturated heterocycles. The predicted octanol–water partition coefficient (Wildman–Crippen LogP) is -0.238. The molecule has 0 bridgehead atoms. The zero-order valence-corrected chi connectivity index (χ0v) is 11.2. The van der Waals surface area contributed by atoms with Crippen molar-refractivity contribution in [2.75, 3.05) is 53.0 Å². The first-order valence-corrected chi connectivity index (χ1v) is 6.19. The number of carbonyl (C=O) groups excluding carboxylic acids is 1. The third kappa shape index (κ3) is 5.02. The molecule has 2 N–H and O–H groups in total. The van der Waals surface area contributed by atoms with Gasteiger partial charge in [-0.05, 0) is 19.0 Å². The van der Waals surface area contributed by atoms with E-state index in [0.717, 1.165) is 6.54 Å². The molecule has 1 fully saturated rings. The van der Waals surface area contributed by atoms with Crippen LogP contribution in [-0.2, 0) is 9.53 Å². The Bertz CT molecular complexity index is 250. The van der Waals surface area contributed by atoms with Crippen molar-refractivity contribution in [3.63, 3.8) is 0 Å². The molecule has 1 aliphatic rings. The van der Waals surface area contributed by atoms with E-state index in [9.17, 15) is 4.79 Å². The topological polar surface area (TPSA) is 58.8 Å². The Labute approximate surface area is 104 Å². The van der Waals surface area contributed by atoms with Crippen molar-refractivity contribution in [2.24, 2.45) is 11.1 Å². The lowest BCUT2D eigenvalue weighted by Crippen LogP contribution is -2.47. The Kier molecular flexibility index (Phi) is 5.36. The summed E-state index contributed by atoms with van der Waals surface area (Å²) in [7, 11) is 1.97. The molecule has 5 nitrogen and oxygen atoms in total. The van der Waals surface area contributed by atoms with E-state index in [1.807, 2.05) is 16.8 Å². The molecule has 0 saturated carbocycles. The van der Waals surface area contributed by atoms with Crippen molar-refractivity contribution in [1.29, 1.82) is 0 Å². The van der Waals surface area contributed by atoms with Gasteiger partial charge in [0.1, 0.15) is 0 Å². The van der Waals surface area contributed by atoms with Crippen LogP contribution >= 0.6 is 0 Å². The molecule has 0 radical (unpaired) electrons. The summed E-state index contributed by atoms with van der Waals surface area (Å²) in [5, 5.41) is 0. The van der Waals surface area contributed by atoms with Crippen LogP contribution in [0.5, 0.6) is 0 Å². The Hall–Kier alpha value is -0.650. The molecular weight excluding hydrogens is 218 g/mol. The largest absolute Gasteiger partial charge is 0.378 e. The van der Waals surface area contributed by atoms with Crippen LogP contribution in [0.25, 0.3) is 0 Å². The fourth-order valence-electron chi connectivity index (χ4n) is 1.99. The van der Waals surface area contributed by atoms with Gasteiger partial charge in [0.05, 0.1) is 19.8 Å². The van der Waals surface area contributed by atoms with Gasteiger partial charge in [-0.1, -0.05) is 13.8 Å². The molecule has 1 amide bonds. The van der Waals surface area contributed by atoms with Gasteiger partial charge < -0.3 is 15.4 Å². The van der Waals surface area contributed by atoms with Crippen molar-refractivity contribution in [2.45, 2.75) is 13.8 Å². The molecule has 1 heterocycles. The van der Waals surface area contributed by atoms with Crippen LogP contribution in [0, 0.1) is 5.41 Å². The average molecular weight is 243 g/mol. The summed E-state index contributed by atoms with van der Waals surface area (Å²) in [6, 6.07) is 0. The van der Waals surface area contributed by atoms with E-state index in [2.05, 4.69) is 13.8 Å². The van der Waals surface area contributed by atoms with Crippen LogP contribution in [0.2, 0.25) is 0 Å². The van der Waals surface area contributed by atoms with E-state index in [1.165, 1.54) is 0 Å². The fourth-order valence-corrected chi connectivity index (χ4v) is 1.99. The summed E-state index contributed by atoms with van der Waals surface area (Å²) in [6.07, 6.45) is 0. The monoisotopic (exact) mass is 243 g/mol. The average Bonchev–Trinajstić information content (AvgIpc) is 2.29. The summed E-state index contributed by atoms with van der Waals surface area (Å²) >= 11 is 0. The normalized spacial score (nSPS) is 17.6. The minimum atomic E-state index is 0.0556. The van der Waals surface area contributed by atoms with Crippen molar-refractivity contribution < 1.29 is 9.53 Å². The van der Waals surface area contributed by atoms with E-state index in [-0.39, 0.29) is 11.3 Å². The van der Waals surface area contributed by atoms with E-state index >= 15 is 0 Å². The highest BCUT2D eigenvalue weighted by Gasteiger charge is 2.22. The highest BCUT2D eigenvalue weighted by atomic mass is 16.5. The molecule has 17 heavy (non-hydrogen) atoms. The first-order chi connectivity index (χ1) is 7.94. The molecule has 1 rings (SSSR count). The number of nitrogens with zero attached hydrogens (tertiary/aromatic N) is 2. The van der Waals surface area contributed by atoms with Gasteiger partial charge in [-0.3, -0.25) is 9.69 Å². The van der Waals surface area contributed by atoms with Crippen LogP contribution in [0.15, 0.2) is 0 Å². The Morgan fingerprint density at radius 3 is 2.53 bits per heavy atom. The smallest absolute Gasteiger partial charge is 0.236 e. The van der Waals surface area contributed by atoms with Crippen LogP contribution in [-0.4, -0.2) is 68.7 Å². The van der Waals surface area contributed by atoms with Gasteiger partial charge in [-0.25, -0.2) is 0 Å². The highest BCUT2D eigenvalue weighted by molar-refractivity contribution is 5.78. The van der Waals surface area contributed by atoms with Crippen molar-refractivity contribution in [3.8, 4) is 0 Å². The molecule has 0 aliphatic carbocycles. The number of amides is 1. The molecular formula is C12H25N3O2. The molecule has 100 valence electrons. The summed E-state index contributed by atoms with van der Waals surface area (Å²) in [5.41, 5.74) is 5.75. The van der Waals surface area contributed by atoms with Crippen molar-refractivity contribution in [1.82, 2.24) is 9.80 Å². The second kappa shape index (κ2) is 6.33. The van der Waals surface area contributed by atoms with E-state index in [4.69, 9.17) is 10.5 Å². The second-order valence-electron chi connectivity index (χ2n) is 5.53. The molecule has 0 spiro atoms. The Morgan fingerprint density at radius 1 is 1.41 bits per heavy atom. The summed E-state index contributed by atoms with van der Waals surface area (Å²) < 4.78 is 5.23. The standard InChI is InChI=1S/C12H25N3O2/c1-12(2,9-13)10-14(3)8-11(16)15-4-6-17-7-5-15/h4-10,13H2,1-3H3. The van der Waals surface area contributed by atoms with Crippen LogP contribution in [0.1, 0.15) is 13.8 Å². The maximum atomic E-state index is 12.0. The van der Waals surface area contributed by atoms with E-state index in [0.29, 0.717) is 39.4 Å². The third-order valence-electron chi connectivity index (χ3n) is 3.02. The quantitative estimate of drug-likeness (QED) is 0.724. The zero-order chi connectivity index (χ0) is 12.9. The Balaban J connectivity index is 2.34. The predicted molar refractivity (Wildman–Crippen MR) is 67.7 cm³/mol. The zero-order valence-electron chi connectivity index (χ0n) is 11.2. The molecule has 0 unspecified atom stereocenters. The lowest BCUT2D eigenvalue weighted by molar-refractivity contribution is -0.136. The van der Waals surface area contributed by atoms with Gasteiger partial charge in [0.2, 0.25) is 5.91 Å². The van der Waals surface area contributed by atoms with E-state index in [1.54, 1.807) is 0 Å². The minimum Gasteiger partial charge on any atom is -0.378 e. The second-order valence-corrected chi connectivity index (χ2v) is 5.53. The van der Waals surface area contributed by atoms with Crippen molar-refractivity contribution >= 4 is 5.91 Å². The summed E-state index contributed by atoms with van der Waals surface area (Å²) in [5.74, 6) is 0.184. The summed E-state index contributed by atoms with van der Waals surface area (Å²) in [6.45, 7) is 8.89. The van der Waals surface area contributed by atoms with Crippen molar-refractivity contribution in [3.05, 3.63) is 0 Å². The maximum absolute atomic E-state index is 12.0. The molecule has 0 aromatic rings. The summed E-state index contributed by atoms with van der Waals surface area (Å²) in [4.78, 5) is 15.9. The SMILES string of the molecule is CN(CC(=O)N1CCOCC1)CC(C)(C)CN. The number of nitrogens with two attached hydrogens (primary N) is 1. The van der Waals surface area contributed by atoms with Gasteiger partial charge in [-0.15, -0.1) is 0 Å². The van der Waals surface area contributed by atoms with Gasteiger partial charge >= 0.3 is 0 Å². The number of morpholine rings is 1. The number of rotatable bonds is 5. The lowest BCUT2D eigenvalue weighted by Gasteiger charge is -2.32. The number of carbonyl (C=O) groups is 1. The number of hydrogen-bond acceptors (Lipinski definition) is 4. The highest BCUT2D eigenvalue weighted by Crippen LogP contribution is 2.13. The van der Waals surface area contributed by atoms with Crippen LogP contribution in [0.3, 0.4) is 0 Å². The third-order valence-corrected chi connectivity index (χ3v) is 3.02. The number of hydrogen-bond donors (Lipinski definition) is 1. The minimum absolute atomic E-state index is 0.0556. The molecule has 1 aliphatic heterocycles. The molecule has 0 atom stereocenters. The van der Waals surface area contributed by atoms with Gasteiger partial charge in [-0.2, -0.15) is 0 Å². The first kappa shape index (κ1) is 14.4. The first-order valence-electron chi connectivity index (χ1n) is 6.19. The van der Waals surface area contributed by atoms with Gasteiger partial charge in [0, 0.05) is 19.6 Å².